The highest BCUT2D eigenvalue weighted by Crippen LogP contribution is 2.31. The molecule has 0 radical (unpaired) electrons. The van der Waals surface area contributed by atoms with Crippen molar-refractivity contribution in [2.24, 2.45) is 0 Å². The van der Waals surface area contributed by atoms with Crippen LogP contribution in [0.2, 0.25) is 0 Å². The Morgan fingerprint density at radius 3 is 2.67 bits per heavy atom. The first-order chi connectivity index (χ1) is 8.43. The molecule has 1 aromatic rings. The predicted octanol–water partition coefficient (Wildman–Crippen LogP) is 2.45. The number of rotatable bonds is 6. The van der Waals surface area contributed by atoms with Crippen LogP contribution < -0.4 is 10.1 Å². The molecular formula is C13H19F3NO+. The van der Waals surface area contributed by atoms with Gasteiger partial charge < -0.3 is 10.1 Å². The zero-order valence-corrected chi connectivity index (χ0v) is 10.6. The molecule has 1 rings (SSSR count). The van der Waals surface area contributed by atoms with E-state index in [-0.39, 0.29) is 5.75 Å². The van der Waals surface area contributed by atoms with E-state index in [9.17, 15) is 13.2 Å². The summed E-state index contributed by atoms with van der Waals surface area (Å²) in [7, 11) is 0. The number of nitrogens with two attached hydrogens (primary N) is 1. The second-order valence-corrected chi connectivity index (χ2v) is 4.28. The van der Waals surface area contributed by atoms with Gasteiger partial charge in [-0.15, -0.1) is 0 Å². The van der Waals surface area contributed by atoms with E-state index in [0.29, 0.717) is 12.6 Å². The number of quaternary nitrogens is 1. The summed E-state index contributed by atoms with van der Waals surface area (Å²) in [5.74, 6) is 0.266. The van der Waals surface area contributed by atoms with E-state index in [1.807, 2.05) is 0 Å². The molecule has 18 heavy (non-hydrogen) atoms. The van der Waals surface area contributed by atoms with Crippen molar-refractivity contribution >= 4 is 0 Å². The predicted molar refractivity (Wildman–Crippen MR) is 63.5 cm³/mol. The molecule has 2 N–H and O–H groups in total. The van der Waals surface area contributed by atoms with Crippen molar-refractivity contribution in [3.63, 3.8) is 0 Å². The first-order valence-electron chi connectivity index (χ1n) is 6.07. The van der Waals surface area contributed by atoms with Crippen LogP contribution in [0.4, 0.5) is 13.2 Å². The third-order valence-electron chi connectivity index (χ3n) is 2.76. The SMILES string of the molecule is CC[C@H](C)[NH2+]CCOc1cccc(C(F)(F)F)c1. The van der Waals surface area contributed by atoms with Gasteiger partial charge in [0, 0.05) is 0 Å². The largest absolute Gasteiger partial charge is 0.488 e. The summed E-state index contributed by atoms with van der Waals surface area (Å²) in [6.45, 7) is 5.34. The molecule has 0 aliphatic heterocycles. The Bertz CT molecular complexity index is 365. The monoisotopic (exact) mass is 262 g/mol. The Labute approximate surface area is 105 Å². The molecule has 0 bridgehead atoms. The normalized spacial score (nSPS) is 13.4. The van der Waals surface area contributed by atoms with Gasteiger partial charge in [0.1, 0.15) is 18.9 Å². The maximum atomic E-state index is 12.4. The van der Waals surface area contributed by atoms with Crippen LogP contribution in [0.3, 0.4) is 0 Å². The fourth-order valence-electron chi connectivity index (χ4n) is 1.46. The minimum atomic E-state index is -4.32. The van der Waals surface area contributed by atoms with Gasteiger partial charge in [-0.2, -0.15) is 13.2 Å². The summed E-state index contributed by atoms with van der Waals surface area (Å²) in [6.07, 6.45) is -3.26. The molecule has 0 heterocycles. The maximum Gasteiger partial charge on any atom is 0.416 e. The van der Waals surface area contributed by atoms with Gasteiger partial charge in [0.15, 0.2) is 0 Å². The number of ether oxygens (including phenoxy) is 1. The lowest BCUT2D eigenvalue weighted by molar-refractivity contribution is -0.686. The fourth-order valence-corrected chi connectivity index (χ4v) is 1.46. The zero-order valence-electron chi connectivity index (χ0n) is 10.6. The molecule has 1 atom stereocenters. The minimum absolute atomic E-state index is 0.266. The topological polar surface area (TPSA) is 25.8 Å². The lowest BCUT2D eigenvalue weighted by Crippen LogP contribution is -2.90. The highest BCUT2D eigenvalue weighted by atomic mass is 19.4. The lowest BCUT2D eigenvalue weighted by Gasteiger charge is -2.11. The van der Waals surface area contributed by atoms with Gasteiger partial charge >= 0.3 is 6.18 Å². The third-order valence-corrected chi connectivity index (χ3v) is 2.76. The van der Waals surface area contributed by atoms with E-state index >= 15 is 0 Å². The first-order valence-corrected chi connectivity index (χ1v) is 6.07. The van der Waals surface area contributed by atoms with Crippen LogP contribution in [0.1, 0.15) is 25.8 Å². The van der Waals surface area contributed by atoms with Crippen LogP contribution in [0, 0.1) is 0 Å². The number of hydrogen-bond acceptors (Lipinski definition) is 1. The Balaban J connectivity index is 2.43. The second kappa shape index (κ2) is 6.64. The molecular weight excluding hydrogens is 243 g/mol. The molecule has 1 aromatic carbocycles. The van der Waals surface area contributed by atoms with Crippen LogP contribution in [-0.4, -0.2) is 19.2 Å². The Kier molecular flexibility index (Phi) is 5.47. The van der Waals surface area contributed by atoms with E-state index in [1.165, 1.54) is 6.07 Å². The van der Waals surface area contributed by atoms with E-state index < -0.39 is 11.7 Å². The summed E-state index contributed by atoms with van der Waals surface area (Å²) < 4.78 is 42.6. The van der Waals surface area contributed by atoms with Crippen molar-refractivity contribution in [2.75, 3.05) is 13.2 Å². The highest BCUT2D eigenvalue weighted by molar-refractivity contribution is 5.30. The molecule has 102 valence electrons. The average Bonchev–Trinajstić information content (AvgIpc) is 2.33. The molecule has 0 amide bonds. The standard InChI is InChI=1S/C13H18F3NO/c1-3-10(2)17-7-8-18-12-6-4-5-11(9-12)13(14,15)16/h4-6,9-10,17H,3,7-8H2,1-2H3/p+1/t10-/m0/s1. The second-order valence-electron chi connectivity index (χ2n) is 4.28. The van der Waals surface area contributed by atoms with Gasteiger partial charge in [0.2, 0.25) is 0 Å². The third kappa shape index (κ3) is 4.96. The average molecular weight is 262 g/mol. The van der Waals surface area contributed by atoms with Gasteiger partial charge in [0.05, 0.1) is 11.6 Å². The van der Waals surface area contributed by atoms with Crippen molar-refractivity contribution in [3.8, 4) is 5.75 Å². The van der Waals surface area contributed by atoms with Gasteiger partial charge in [-0.05, 0) is 31.5 Å². The molecule has 0 spiro atoms. The summed E-state index contributed by atoms with van der Waals surface area (Å²) in [5.41, 5.74) is -0.675. The Morgan fingerprint density at radius 2 is 2.06 bits per heavy atom. The quantitative estimate of drug-likeness (QED) is 0.783. The molecule has 0 unspecified atom stereocenters. The van der Waals surface area contributed by atoms with Crippen LogP contribution in [0.5, 0.6) is 5.75 Å². The zero-order chi connectivity index (χ0) is 13.6. The molecule has 0 saturated carbocycles. The van der Waals surface area contributed by atoms with Gasteiger partial charge in [-0.3, -0.25) is 0 Å². The van der Waals surface area contributed by atoms with Crippen molar-refractivity contribution in [2.45, 2.75) is 32.5 Å². The minimum Gasteiger partial charge on any atom is -0.488 e. The van der Waals surface area contributed by atoms with E-state index in [0.717, 1.165) is 25.1 Å². The van der Waals surface area contributed by atoms with Crippen molar-refractivity contribution in [1.82, 2.24) is 0 Å². The molecule has 0 fully saturated rings. The summed E-state index contributed by atoms with van der Waals surface area (Å²) in [6, 6.07) is 5.48. The first kappa shape index (κ1) is 14.8. The van der Waals surface area contributed by atoms with Gasteiger partial charge in [-0.1, -0.05) is 13.0 Å². The van der Waals surface area contributed by atoms with E-state index in [4.69, 9.17) is 4.74 Å². The van der Waals surface area contributed by atoms with Crippen LogP contribution in [0.15, 0.2) is 24.3 Å². The van der Waals surface area contributed by atoms with Crippen LogP contribution in [-0.2, 0) is 6.18 Å². The summed E-state index contributed by atoms with van der Waals surface area (Å²) in [4.78, 5) is 0. The van der Waals surface area contributed by atoms with Crippen LogP contribution >= 0.6 is 0 Å². The number of hydrogen-bond donors (Lipinski definition) is 1. The van der Waals surface area contributed by atoms with E-state index in [1.54, 1.807) is 6.07 Å². The maximum absolute atomic E-state index is 12.4. The lowest BCUT2D eigenvalue weighted by atomic mass is 10.2. The highest BCUT2D eigenvalue weighted by Gasteiger charge is 2.30. The van der Waals surface area contributed by atoms with Crippen LogP contribution in [0.25, 0.3) is 0 Å². The smallest absolute Gasteiger partial charge is 0.416 e. The van der Waals surface area contributed by atoms with Crippen molar-refractivity contribution in [1.29, 1.82) is 0 Å². The molecule has 0 saturated heterocycles. The molecule has 0 aliphatic carbocycles. The number of halogens is 3. The van der Waals surface area contributed by atoms with Gasteiger partial charge in [-0.25, -0.2) is 0 Å². The summed E-state index contributed by atoms with van der Waals surface area (Å²) in [5, 5.41) is 2.12. The Morgan fingerprint density at radius 1 is 1.33 bits per heavy atom. The molecule has 2 nitrogen and oxygen atoms in total. The van der Waals surface area contributed by atoms with E-state index in [2.05, 4.69) is 19.2 Å². The van der Waals surface area contributed by atoms with Crippen molar-refractivity contribution < 1.29 is 23.2 Å². The molecule has 0 aromatic heterocycles. The Hall–Kier alpha value is -1.23. The number of alkyl halides is 3. The van der Waals surface area contributed by atoms with Crippen molar-refractivity contribution in [3.05, 3.63) is 29.8 Å². The van der Waals surface area contributed by atoms with Gasteiger partial charge in [0.25, 0.3) is 0 Å². The molecule has 0 aliphatic rings. The molecule has 5 heteroatoms. The fraction of sp³-hybridized carbons (Fsp3) is 0.538. The number of benzene rings is 1. The summed E-state index contributed by atoms with van der Waals surface area (Å²) >= 11 is 0.